The summed E-state index contributed by atoms with van der Waals surface area (Å²) in [5, 5.41) is 11.3. The predicted octanol–water partition coefficient (Wildman–Crippen LogP) is 4.64. The minimum Gasteiger partial charge on any atom is -0.493 e. The highest BCUT2D eigenvalue weighted by Crippen LogP contribution is 2.44. The van der Waals surface area contributed by atoms with Gasteiger partial charge in [-0.1, -0.05) is 37.3 Å². The van der Waals surface area contributed by atoms with Crippen molar-refractivity contribution >= 4 is 0 Å². The van der Waals surface area contributed by atoms with E-state index < -0.39 is 11.4 Å². The molecular weight excluding hydrogens is 399 g/mol. The summed E-state index contributed by atoms with van der Waals surface area (Å²) in [4.78, 5) is 0. The first-order valence-corrected chi connectivity index (χ1v) is 11.0. The molecule has 2 fully saturated rings. The average Bonchev–Trinajstić information content (AvgIpc) is 3.25. The van der Waals surface area contributed by atoms with Crippen LogP contribution in [0.3, 0.4) is 0 Å². The van der Waals surface area contributed by atoms with Crippen molar-refractivity contribution in [2.75, 3.05) is 20.3 Å². The van der Waals surface area contributed by atoms with Crippen LogP contribution >= 0.6 is 0 Å². The number of ether oxygens (including phenoxy) is 4. The third-order valence-electron chi connectivity index (χ3n) is 6.70. The average molecular weight is 431 g/mol. The quantitative estimate of drug-likeness (QED) is 0.694. The van der Waals surface area contributed by atoms with Crippen molar-refractivity contribution in [2.45, 2.75) is 57.0 Å². The van der Waals surface area contributed by atoms with Gasteiger partial charge in [0.2, 0.25) is 0 Å². The lowest BCUT2D eigenvalue weighted by Crippen LogP contribution is -2.47. The molecule has 1 saturated carbocycles. The molecule has 5 nitrogen and oxygen atoms in total. The Morgan fingerprint density at radius 1 is 1.03 bits per heavy atom. The molecule has 1 saturated heterocycles. The van der Waals surface area contributed by atoms with Gasteiger partial charge in [0.1, 0.15) is 12.4 Å². The van der Waals surface area contributed by atoms with Crippen molar-refractivity contribution in [2.24, 2.45) is 5.92 Å². The van der Waals surface area contributed by atoms with E-state index in [1.54, 1.807) is 6.07 Å². The molecule has 2 aliphatic rings. The maximum Gasteiger partial charge on any atom is 0.168 e. The second-order valence-corrected chi connectivity index (χ2v) is 8.69. The second kappa shape index (κ2) is 9.15. The van der Waals surface area contributed by atoms with Gasteiger partial charge in [0.25, 0.3) is 0 Å². The van der Waals surface area contributed by atoms with Gasteiger partial charge in [0, 0.05) is 18.9 Å². The lowest BCUT2D eigenvalue weighted by atomic mass is 9.72. The van der Waals surface area contributed by atoms with E-state index in [1.807, 2.05) is 37.3 Å². The Hall–Kier alpha value is -2.15. The molecule has 4 rings (SSSR count). The van der Waals surface area contributed by atoms with Crippen LogP contribution < -0.4 is 9.47 Å². The summed E-state index contributed by atoms with van der Waals surface area (Å²) < 4.78 is 37.6. The van der Waals surface area contributed by atoms with Crippen molar-refractivity contribution in [1.29, 1.82) is 0 Å². The number of hydrogen-bond acceptors (Lipinski definition) is 5. The summed E-state index contributed by atoms with van der Waals surface area (Å²) in [6, 6.07) is 12.9. The van der Waals surface area contributed by atoms with Gasteiger partial charge < -0.3 is 24.1 Å². The number of hydrogen-bond donors (Lipinski definition) is 1. The van der Waals surface area contributed by atoms with E-state index in [9.17, 15) is 9.50 Å². The number of aliphatic hydroxyl groups is 1. The molecule has 1 aliphatic carbocycles. The molecule has 2 aromatic carbocycles. The molecule has 1 unspecified atom stereocenters. The molecule has 0 aromatic heterocycles. The Labute approximate surface area is 183 Å². The zero-order valence-electron chi connectivity index (χ0n) is 18.2. The molecule has 0 radical (unpaired) electrons. The molecule has 0 amide bonds. The highest BCUT2D eigenvalue weighted by atomic mass is 19.1. The van der Waals surface area contributed by atoms with Gasteiger partial charge in [-0.3, -0.25) is 0 Å². The standard InChI is InChI=1S/C25H31FO5/c1-18(24(27)8-10-25(11-9-24)30-12-13-31-25)14-20-15-23(22(28-2)16-21(20)26)29-17-19-6-4-3-5-7-19/h3-7,15-16,18,27H,8-14,17H2,1-2H3. The zero-order chi connectivity index (χ0) is 21.9. The Morgan fingerprint density at radius 3 is 2.35 bits per heavy atom. The Bertz CT molecular complexity index is 869. The first-order chi connectivity index (χ1) is 14.9. The fourth-order valence-electron chi connectivity index (χ4n) is 4.60. The smallest absolute Gasteiger partial charge is 0.168 e. The van der Waals surface area contributed by atoms with Crippen molar-refractivity contribution in [3.05, 3.63) is 59.4 Å². The SMILES string of the molecule is COc1cc(F)c(CC(C)C2(O)CCC3(CC2)OCCO3)cc1OCc1ccccc1. The van der Waals surface area contributed by atoms with Gasteiger partial charge in [-0.2, -0.15) is 0 Å². The Morgan fingerprint density at radius 2 is 1.71 bits per heavy atom. The van der Waals surface area contributed by atoms with E-state index in [2.05, 4.69) is 0 Å². The van der Waals surface area contributed by atoms with E-state index in [0.29, 0.717) is 69.0 Å². The van der Waals surface area contributed by atoms with E-state index in [1.165, 1.54) is 13.2 Å². The minimum absolute atomic E-state index is 0.129. The molecule has 31 heavy (non-hydrogen) atoms. The number of halogens is 1. The van der Waals surface area contributed by atoms with Gasteiger partial charge in [-0.05, 0) is 42.4 Å². The number of rotatable bonds is 7. The molecule has 1 atom stereocenters. The van der Waals surface area contributed by atoms with Crippen LogP contribution in [-0.2, 0) is 22.5 Å². The molecule has 168 valence electrons. The molecule has 1 N–H and O–H groups in total. The van der Waals surface area contributed by atoms with Crippen LogP contribution in [0.15, 0.2) is 42.5 Å². The molecule has 1 aliphatic heterocycles. The van der Waals surface area contributed by atoms with E-state index in [-0.39, 0.29) is 11.7 Å². The molecule has 1 heterocycles. The Kier molecular flexibility index (Phi) is 6.51. The monoisotopic (exact) mass is 430 g/mol. The largest absolute Gasteiger partial charge is 0.493 e. The lowest BCUT2D eigenvalue weighted by molar-refractivity contribution is -0.209. The first kappa shape index (κ1) is 22.1. The third kappa shape index (κ3) is 4.86. The topological polar surface area (TPSA) is 57.2 Å². The van der Waals surface area contributed by atoms with Crippen LogP contribution in [0.5, 0.6) is 11.5 Å². The predicted molar refractivity (Wildman–Crippen MR) is 115 cm³/mol. The van der Waals surface area contributed by atoms with Gasteiger partial charge in [0.15, 0.2) is 17.3 Å². The Balaban J connectivity index is 1.45. The molecule has 0 bridgehead atoms. The lowest BCUT2D eigenvalue weighted by Gasteiger charge is -2.43. The van der Waals surface area contributed by atoms with E-state index in [4.69, 9.17) is 18.9 Å². The van der Waals surface area contributed by atoms with Gasteiger partial charge >= 0.3 is 0 Å². The number of methoxy groups -OCH3 is 1. The maximum atomic E-state index is 14.8. The second-order valence-electron chi connectivity index (χ2n) is 8.69. The summed E-state index contributed by atoms with van der Waals surface area (Å²) >= 11 is 0. The molecule has 2 aromatic rings. The van der Waals surface area contributed by atoms with Crippen molar-refractivity contribution < 1.29 is 28.4 Å². The number of benzene rings is 2. The fourth-order valence-corrected chi connectivity index (χ4v) is 4.60. The summed E-state index contributed by atoms with van der Waals surface area (Å²) in [6.07, 6.45) is 2.87. The van der Waals surface area contributed by atoms with Crippen LogP contribution in [0.2, 0.25) is 0 Å². The summed E-state index contributed by atoms with van der Waals surface area (Å²) in [5.41, 5.74) is 0.655. The highest BCUT2D eigenvalue weighted by Gasteiger charge is 2.47. The van der Waals surface area contributed by atoms with E-state index in [0.717, 1.165) is 5.56 Å². The van der Waals surface area contributed by atoms with Crippen molar-refractivity contribution in [3.8, 4) is 11.5 Å². The van der Waals surface area contributed by atoms with Crippen molar-refractivity contribution in [3.63, 3.8) is 0 Å². The van der Waals surface area contributed by atoms with E-state index >= 15 is 0 Å². The van der Waals surface area contributed by atoms with Crippen LogP contribution in [0.25, 0.3) is 0 Å². The van der Waals surface area contributed by atoms with Crippen LogP contribution in [0.1, 0.15) is 43.7 Å². The maximum absolute atomic E-state index is 14.8. The molecular formula is C25H31FO5. The van der Waals surface area contributed by atoms with Crippen LogP contribution in [0, 0.1) is 11.7 Å². The van der Waals surface area contributed by atoms with Gasteiger partial charge in [-0.25, -0.2) is 4.39 Å². The minimum atomic E-state index is -0.877. The van der Waals surface area contributed by atoms with Crippen LogP contribution in [-0.4, -0.2) is 36.8 Å². The third-order valence-corrected chi connectivity index (χ3v) is 6.70. The van der Waals surface area contributed by atoms with Gasteiger partial charge in [-0.15, -0.1) is 0 Å². The molecule has 6 heteroatoms. The summed E-state index contributed by atoms with van der Waals surface area (Å²) in [6.45, 7) is 3.56. The normalized spacial score (nSPS) is 20.5. The fraction of sp³-hybridized carbons (Fsp3) is 0.520. The molecule has 1 spiro atoms. The summed E-state index contributed by atoms with van der Waals surface area (Å²) in [7, 11) is 1.50. The highest BCUT2D eigenvalue weighted by molar-refractivity contribution is 5.44. The zero-order valence-corrected chi connectivity index (χ0v) is 18.2. The van der Waals surface area contributed by atoms with Gasteiger partial charge in [0.05, 0.1) is 25.9 Å². The summed E-state index contributed by atoms with van der Waals surface area (Å²) in [5.74, 6) is -0.156. The first-order valence-electron chi connectivity index (χ1n) is 11.0. The van der Waals surface area contributed by atoms with Crippen LogP contribution in [0.4, 0.5) is 4.39 Å². The van der Waals surface area contributed by atoms with Crippen molar-refractivity contribution in [1.82, 2.24) is 0 Å².